The molecule has 1 aromatic carbocycles. The van der Waals surface area contributed by atoms with E-state index in [4.69, 9.17) is 9.84 Å². The van der Waals surface area contributed by atoms with Crippen LogP contribution in [0.15, 0.2) is 55.6 Å². The van der Waals surface area contributed by atoms with Gasteiger partial charge in [-0.25, -0.2) is 0 Å². The van der Waals surface area contributed by atoms with Gasteiger partial charge in [0.25, 0.3) is 0 Å². The van der Waals surface area contributed by atoms with Gasteiger partial charge >= 0.3 is 5.97 Å². The number of allylic oxidation sites excluding steroid dienone is 2. The van der Waals surface area contributed by atoms with Crippen molar-refractivity contribution >= 4 is 17.8 Å². The van der Waals surface area contributed by atoms with Crippen molar-refractivity contribution in [2.75, 3.05) is 13.2 Å². The van der Waals surface area contributed by atoms with Crippen LogP contribution in [0.2, 0.25) is 0 Å². The Balaban J connectivity index is 2.90. The molecule has 31 heavy (non-hydrogen) atoms. The summed E-state index contributed by atoms with van der Waals surface area (Å²) < 4.78 is 5.42. The second-order valence-electron chi connectivity index (χ2n) is 7.62. The fourth-order valence-electron chi connectivity index (χ4n) is 2.91. The average Bonchev–Trinajstić information content (AvgIpc) is 2.75. The molecule has 3 N–H and O–H groups in total. The summed E-state index contributed by atoms with van der Waals surface area (Å²) >= 11 is 0. The van der Waals surface area contributed by atoms with Crippen LogP contribution in [0.4, 0.5) is 0 Å². The van der Waals surface area contributed by atoms with E-state index in [2.05, 4.69) is 23.8 Å². The minimum Gasteiger partial charge on any atom is -0.463 e. The number of benzene rings is 1. The van der Waals surface area contributed by atoms with Gasteiger partial charge in [-0.15, -0.1) is 13.2 Å². The highest BCUT2D eigenvalue weighted by molar-refractivity contribution is 6.00. The molecule has 7 heteroatoms. The van der Waals surface area contributed by atoms with Crippen LogP contribution in [0, 0.1) is 11.8 Å². The van der Waals surface area contributed by atoms with Gasteiger partial charge in [0.05, 0.1) is 18.6 Å². The molecular formula is C24H34N2O5. The highest BCUT2D eigenvalue weighted by atomic mass is 16.5. The normalized spacial score (nSPS) is 14.4. The summed E-state index contributed by atoms with van der Waals surface area (Å²) in [5.74, 6) is -2.68. The summed E-state index contributed by atoms with van der Waals surface area (Å²) in [6.45, 7) is 10.4. The Morgan fingerprint density at radius 3 is 2.23 bits per heavy atom. The van der Waals surface area contributed by atoms with Crippen LogP contribution in [0.1, 0.15) is 32.3 Å². The molecule has 0 aliphatic carbocycles. The number of amides is 2. The number of hydrogen-bond acceptors (Lipinski definition) is 5. The first-order chi connectivity index (χ1) is 14.8. The smallest absolute Gasteiger partial charge is 0.309 e. The zero-order valence-electron chi connectivity index (χ0n) is 18.4. The molecule has 0 aromatic heterocycles. The van der Waals surface area contributed by atoms with Crippen molar-refractivity contribution in [1.82, 2.24) is 10.6 Å². The molecule has 0 fully saturated rings. The Morgan fingerprint density at radius 2 is 1.65 bits per heavy atom. The third-order valence-electron chi connectivity index (χ3n) is 4.72. The minimum absolute atomic E-state index is 0.0174. The second-order valence-corrected chi connectivity index (χ2v) is 7.62. The van der Waals surface area contributed by atoms with Gasteiger partial charge in [0, 0.05) is 6.04 Å². The van der Waals surface area contributed by atoms with Crippen molar-refractivity contribution in [2.24, 2.45) is 11.8 Å². The van der Waals surface area contributed by atoms with Gasteiger partial charge in [0.2, 0.25) is 11.8 Å². The Labute approximate surface area is 184 Å². The van der Waals surface area contributed by atoms with Crippen LogP contribution in [0.25, 0.3) is 0 Å². The molecule has 0 aliphatic rings. The number of aliphatic hydroxyl groups excluding tert-OH is 1. The molecule has 0 heterocycles. The molecule has 0 saturated heterocycles. The average molecular weight is 431 g/mol. The minimum atomic E-state index is -1.000. The molecule has 170 valence electrons. The van der Waals surface area contributed by atoms with Crippen LogP contribution in [0.3, 0.4) is 0 Å². The number of carbonyl (C=O) groups excluding carboxylic acids is 3. The molecule has 7 nitrogen and oxygen atoms in total. The third-order valence-corrected chi connectivity index (χ3v) is 4.72. The van der Waals surface area contributed by atoms with Crippen LogP contribution in [-0.4, -0.2) is 48.2 Å². The Bertz CT molecular complexity index is 735. The highest BCUT2D eigenvalue weighted by Gasteiger charge is 2.28. The molecule has 1 aromatic rings. The summed E-state index contributed by atoms with van der Waals surface area (Å²) in [5.41, 5.74) is 0.960. The lowest BCUT2D eigenvalue weighted by molar-refractivity contribution is -0.149. The number of ether oxygens (including phenoxy) is 1. The molecule has 0 saturated carbocycles. The van der Waals surface area contributed by atoms with E-state index in [9.17, 15) is 14.4 Å². The number of esters is 1. The Morgan fingerprint density at radius 1 is 1.03 bits per heavy atom. The lowest BCUT2D eigenvalue weighted by Gasteiger charge is -2.23. The maximum absolute atomic E-state index is 12.9. The highest BCUT2D eigenvalue weighted by Crippen LogP contribution is 2.11. The molecule has 1 unspecified atom stereocenters. The summed E-state index contributed by atoms with van der Waals surface area (Å²) in [7, 11) is 0. The summed E-state index contributed by atoms with van der Waals surface area (Å²) in [4.78, 5) is 37.6. The molecule has 0 radical (unpaired) electrons. The number of hydrogen-bond donors (Lipinski definition) is 3. The largest absolute Gasteiger partial charge is 0.463 e. The lowest BCUT2D eigenvalue weighted by atomic mass is 10.0. The summed E-state index contributed by atoms with van der Waals surface area (Å²) in [6.07, 6.45) is 4.23. The molecule has 4 atom stereocenters. The van der Waals surface area contributed by atoms with E-state index in [-0.39, 0.29) is 31.5 Å². The van der Waals surface area contributed by atoms with E-state index in [1.54, 1.807) is 19.9 Å². The maximum atomic E-state index is 12.9. The standard InChI is InChI=1S/C24H34N2O5/c1-5-10-17(3)24(30)31-16-20(14-19-12-8-7-9-13-19)26-23(29)21(11-6-2)22(28)25-18(4)15-27/h5-9,12-13,17-18,20-21,27H,1-2,10-11,14-16H2,3-4H3,(H,25,28)(H,26,29)/t17-,18-,20-,21?/m0/s1. The van der Waals surface area contributed by atoms with Crippen LogP contribution < -0.4 is 10.6 Å². The lowest BCUT2D eigenvalue weighted by Crippen LogP contribution is -2.49. The zero-order chi connectivity index (χ0) is 23.2. The topological polar surface area (TPSA) is 105 Å². The summed E-state index contributed by atoms with van der Waals surface area (Å²) in [5, 5.41) is 14.6. The van der Waals surface area contributed by atoms with E-state index < -0.39 is 29.8 Å². The van der Waals surface area contributed by atoms with Crippen LogP contribution >= 0.6 is 0 Å². The number of nitrogens with one attached hydrogen (secondary N) is 2. The quantitative estimate of drug-likeness (QED) is 0.238. The van der Waals surface area contributed by atoms with Gasteiger partial charge in [-0.3, -0.25) is 14.4 Å². The van der Waals surface area contributed by atoms with Crippen molar-refractivity contribution in [2.45, 2.75) is 45.2 Å². The predicted molar refractivity (Wildman–Crippen MR) is 120 cm³/mol. The first-order valence-corrected chi connectivity index (χ1v) is 10.5. The van der Waals surface area contributed by atoms with Crippen molar-refractivity contribution in [3.8, 4) is 0 Å². The number of rotatable bonds is 14. The van der Waals surface area contributed by atoms with Gasteiger partial charge < -0.3 is 20.5 Å². The first-order valence-electron chi connectivity index (χ1n) is 10.5. The molecule has 0 spiro atoms. The molecule has 1 rings (SSSR count). The zero-order valence-corrected chi connectivity index (χ0v) is 18.4. The fraction of sp³-hybridized carbons (Fsp3) is 0.458. The van der Waals surface area contributed by atoms with Gasteiger partial charge in [0.15, 0.2) is 0 Å². The number of carbonyl (C=O) groups is 3. The van der Waals surface area contributed by atoms with Gasteiger partial charge in [-0.2, -0.15) is 0 Å². The van der Waals surface area contributed by atoms with Crippen molar-refractivity contribution < 1.29 is 24.2 Å². The Hall–Kier alpha value is -2.93. The number of aliphatic hydroxyl groups is 1. The van der Waals surface area contributed by atoms with Gasteiger partial charge in [-0.05, 0) is 31.7 Å². The van der Waals surface area contributed by atoms with Crippen LogP contribution in [-0.2, 0) is 25.5 Å². The van der Waals surface area contributed by atoms with E-state index in [1.807, 2.05) is 30.3 Å². The molecule has 2 amide bonds. The fourth-order valence-corrected chi connectivity index (χ4v) is 2.91. The first kappa shape index (κ1) is 26.1. The van der Waals surface area contributed by atoms with Crippen LogP contribution in [0.5, 0.6) is 0 Å². The maximum Gasteiger partial charge on any atom is 0.309 e. The SMILES string of the molecule is C=CCC(C(=O)N[C@H](COC(=O)[C@@H](C)CC=C)Cc1ccccc1)C(=O)N[C@@H](C)CO. The molecule has 0 bridgehead atoms. The monoisotopic (exact) mass is 430 g/mol. The van der Waals surface area contributed by atoms with E-state index >= 15 is 0 Å². The van der Waals surface area contributed by atoms with Crippen molar-refractivity contribution in [3.05, 3.63) is 61.2 Å². The Kier molecular flexibility index (Phi) is 11.9. The molecular weight excluding hydrogens is 396 g/mol. The molecule has 0 aliphatic heterocycles. The predicted octanol–water partition coefficient (Wildman–Crippen LogP) is 2.16. The van der Waals surface area contributed by atoms with E-state index in [0.717, 1.165) is 5.56 Å². The van der Waals surface area contributed by atoms with Gasteiger partial charge in [-0.1, -0.05) is 49.4 Å². The van der Waals surface area contributed by atoms with E-state index in [0.29, 0.717) is 12.8 Å². The van der Waals surface area contributed by atoms with Crippen molar-refractivity contribution in [3.63, 3.8) is 0 Å². The van der Waals surface area contributed by atoms with Gasteiger partial charge in [0.1, 0.15) is 12.5 Å². The van der Waals surface area contributed by atoms with Crippen molar-refractivity contribution in [1.29, 1.82) is 0 Å². The third kappa shape index (κ3) is 9.61. The summed E-state index contributed by atoms with van der Waals surface area (Å²) in [6, 6.07) is 8.51. The van der Waals surface area contributed by atoms with E-state index in [1.165, 1.54) is 6.08 Å². The second kappa shape index (κ2) is 14.1.